The number of amides is 2. The number of nitrogens with zero attached hydrogens (tertiary/aromatic N) is 1. The van der Waals surface area contributed by atoms with Crippen molar-refractivity contribution < 1.29 is 28.9 Å². The van der Waals surface area contributed by atoms with Crippen molar-refractivity contribution in [1.82, 2.24) is 10.2 Å². The molecule has 0 bridgehead atoms. The zero-order chi connectivity index (χ0) is 24.5. The zero-order valence-electron chi connectivity index (χ0n) is 20.9. The molecule has 1 spiro atoms. The van der Waals surface area contributed by atoms with E-state index in [1.807, 2.05) is 26.0 Å². The number of nitrogens with one attached hydrogen (secondary N) is 1. The molecule has 0 aliphatic carbocycles. The average Bonchev–Trinajstić information content (AvgIpc) is 3.38. The highest BCUT2D eigenvalue weighted by molar-refractivity contribution is 5.87. The number of hydrogen-bond donors (Lipinski definition) is 2. The lowest BCUT2D eigenvalue weighted by atomic mass is 9.87. The molecule has 4 aliphatic rings. The summed E-state index contributed by atoms with van der Waals surface area (Å²) in [6.45, 7) is 9.61. The van der Waals surface area contributed by atoms with E-state index in [9.17, 15) is 14.7 Å². The first-order valence-corrected chi connectivity index (χ1v) is 12.7. The normalized spacial score (nSPS) is 40.7. The van der Waals surface area contributed by atoms with Crippen LogP contribution in [0.2, 0.25) is 0 Å². The molecule has 8 heteroatoms. The van der Waals surface area contributed by atoms with Crippen molar-refractivity contribution in [3.8, 4) is 0 Å². The number of epoxide rings is 1. The second-order valence-corrected chi connectivity index (χ2v) is 10.5. The van der Waals surface area contributed by atoms with Crippen molar-refractivity contribution in [1.29, 1.82) is 0 Å². The van der Waals surface area contributed by atoms with E-state index >= 15 is 0 Å². The molecule has 8 nitrogen and oxygen atoms in total. The van der Waals surface area contributed by atoms with Crippen LogP contribution in [0.3, 0.4) is 0 Å². The van der Waals surface area contributed by atoms with E-state index in [0.717, 1.165) is 37.7 Å². The molecule has 0 radical (unpaired) electrons. The van der Waals surface area contributed by atoms with Crippen molar-refractivity contribution in [3.63, 3.8) is 0 Å². The summed E-state index contributed by atoms with van der Waals surface area (Å²) in [6.07, 6.45) is 9.07. The second kappa shape index (κ2) is 10.5. The summed E-state index contributed by atoms with van der Waals surface area (Å²) in [5.41, 5.74) is 0.706. The Balaban J connectivity index is 1.26. The van der Waals surface area contributed by atoms with Crippen molar-refractivity contribution in [2.75, 3.05) is 19.8 Å². The van der Waals surface area contributed by atoms with Gasteiger partial charge >= 0.3 is 0 Å². The van der Waals surface area contributed by atoms with Gasteiger partial charge in [0.2, 0.25) is 11.8 Å². The van der Waals surface area contributed by atoms with Crippen molar-refractivity contribution in [3.05, 3.63) is 23.8 Å². The van der Waals surface area contributed by atoms with Gasteiger partial charge in [0, 0.05) is 19.9 Å². The summed E-state index contributed by atoms with van der Waals surface area (Å²) in [4.78, 5) is 26.3. The molecule has 2 amide bonds. The van der Waals surface area contributed by atoms with E-state index in [-0.39, 0.29) is 53.7 Å². The molecule has 8 atom stereocenters. The first-order valence-electron chi connectivity index (χ1n) is 12.7. The summed E-state index contributed by atoms with van der Waals surface area (Å²) in [7, 11) is 0. The Morgan fingerprint density at radius 1 is 1.26 bits per heavy atom. The number of carbonyl (C=O) groups excluding carboxylic acids is 2. The van der Waals surface area contributed by atoms with Crippen LogP contribution in [0, 0.1) is 5.92 Å². The van der Waals surface area contributed by atoms with Gasteiger partial charge in [-0.3, -0.25) is 9.59 Å². The van der Waals surface area contributed by atoms with Crippen LogP contribution in [0.4, 0.5) is 0 Å². The van der Waals surface area contributed by atoms with Crippen LogP contribution in [0.25, 0.3) is 0 Å². The Bertz CT molecular complexity index is 822. The quantitative estimate of drug-likeness (QED) is 0.450. The maximum atomic E-state index is 12.8. The predicted octanol–water partition coefficient (Wildman–Crippen LogP) is 2.11. The van der Waals surface area contributed by atoms with Crippen LogP contribution in [0.5, 0.6) is 0 Å². The predicted molar refractivity (Wildman–Crippen MR) is 127 cm³/mol. The van der Waals surface area contributed by atoms with E-state index in [2.05, 4.69) is 18.3 Å². The molecule has 4 saturated heterocycles. The van der Waals surface area contributed by atoms with Crippen molar-refractivity contribution in [2.24, 2.45) is 5.92 Å². The third-order valence-corrected chi connectivity index (χ3v) is 7.93. The SMILES string of the molecule is CC(=O)N1CCCC1C(=O)N[C@@H]1C[C@H](C)[C@H](C/C=C(C)/C=C/C2OCC[C@@]3(CO3)[C@@H]2O)O[C@@H]1C. The first kappa shape index (κ1) is 25.4. The van der Waals surface area contributed by atoms with Gasteiger partial charge in [-0.1, -0.05) is 30.7 Å². The molecule has 2 N–H and O–H groups in total. The molecule has 4 rings (SSSR count). The fraction of sp³-hybridized carbons (Fsp3) is 0.769. The second-order valence-electron chi connectivity index (χ2n) is 10.5. The van der Waals surface area contributed by atoms with Gasteiger partial charge in [-0.15, -0.1) is 0 Å². The van der Waals surface area contributed by atoms with E-state index in [1.54, 1.807) is 4.90 Å². The average molecular weight is 477 g/mol. The minimum Gasteiger partial charge on any atom is -0.387 e. The highest BCUT2D eigenvalue weighted by Gasteiger charge is 2.55. The number of aliphatic hydroxyl groups is 1. The number of ether oxygens (including phenoxy) is 3. The van der Waals surface area contributed by atoms with E-state index in [4.69, 9.17) is 14.2 Å². The lowest BCUT2D eigenvalue weighted by Gasteiger charge is -2.40. The molecular formula is C26H40N2O6. The van der Waals surface area contributed by atoms with Crippen LogP contribution in [0.15, 0.2) is 23.8 Å². The topological polar surface area (TPSA) is 101 Å². The molecule has 4 heterocycles. The van der Waals surface area contributed by atoms with Gasteiger partial charge in [0.25, 0.3) is 0 Å². The largest absolute Gasteiger partial charge is 0.387 e. The van der Waals surface area contributed by atoms with Gasteiger partial charge in [-0.05, 0) is 45.4 Å². The maximum Gasteiger partial charge on any atom is 0.243 e. The summed E-state index contributed by atoms with van der Waals surface area (Å²) in [5, 5.41) is 13.6. The van der Waals surface area contributed by atoms with Gasteiger partial charge in [0.05, 0.1) is 31.5 Å². The number of rotatable bonds is 6. The zero-order valence-corrected chi connectivity index (χ0v) is 20.9. The number of carbonyl (C=O) groups is 2. The van der Waals surface area contributed by atoms with E-state index in [1.165, 1.54) is 6.92 Å². The van der Waals surface area contributed by atoms with Gasteiger partial charge in [-0.25, -0.2) is 0 Å². The first-order chi connectivity index (χ1) is 16.2. The molecule has 0 aromatic heterocycles. The summed E-state index contributed by atoms with van der Waals surface area (Å²) < 4.78 is 17.5. The summed E-state index contributed by atoms with van der Waals surface area (Å²) in [6, 6.07) is -0.414. The highest BCUT2D eigenvalue weighted by atomic mass is 16.6. The van der Waals surface area contributed by atoms with Gasteiger partial charge in [0.1, 0.15) is 23.9 Å². The fourth-order valence-corrected chi connectivity index (χ4v) is 5.50. The Labute approximate surface area is 202 Å². The van der Waals surface area contributed by atoms with Crippen LogP contribution in [-0.2, 0) is 23.8 Å². The molecule has 2 unspecified atom stereocenters. The minimum absolute atomic E-state index is 0.0415. The molecular weight excluding hydrogens is 436 g/mol. The molecule has 0 saturated carbocycles. The molecule has 0 aromatic carbocycles. The van der Waals surface area contributed by atoms with Crippen molar-refractivity contribution >= 4 is 11.8 Å². The number of hydrogen-bond acceptors (Lipinski definition) is 6. The van der Waals surface area contributed by atoms with Crippen LogP contribution < -0.4 is 5.32 Å². The lowest BCUT2D eigenvalue weighted by Crippen LogP contribution is -2.55. The molecule has 4 fully saturated rings. The standard InChI is InChI=1S/C26H40N2O6/c1-16(8-10-23-24(30)26(15-33-26)11-13-32-23)7-9-22-17(2)14-20(18(3)34-22)27-25(31)21-6-5-12-28(21)19(4)29/h7-8,10,17-18,20-24,30H,5-6,9,11-15H2,1-4H3,(H,27,31)/b10-8+,16-7+/t17-,18+,20+,21?,22-,23?,24+,26+/m0/s1. The number of allylic oxidation sites excluding steroid dienone is 2. The molecule has 0 aromatic rings. The van der Waals surface area contributed by atoms with Gasteiger partial charge in [0.15, 0.2) is 0 Å². The monoisotopic (exact) mass is 476 g/mol. The maximum absolute atomic E-state index is 12.8. The number of aliphatic hydroxyl groups excluding tert-OH is 1. The van der Waals surface area contributed by atoms with Crippen LogP contribution in [0.1, 0.15) is 59.8 Å². The van der Waals surface area contributed by atoms with Crippen LogP contribution >= 0.6 is 0 Å². The van der Waals surface area contributed by atoms with E-state index < -0.39 is 6.10 Å². The Hall–Kier alpha value is -1.74. The smallest absolute Gasteiger partial charge is 0.243 e. The molecule has 190 valence electrons. The third kappa shape index (κ3) is 5.56. The van der Waals surface area contributed by atoms with E-state index in [0.29, 0.717) is 19.8 Å². The third-order valence-electron chi connectivity index (χ3n) is 7.93. The number of likely N-dealkylation sites (tertiary alicyclic amines) is 1. The Morgan fingerprint density at radius 2 is 2.03 bits per heavy atom. The van der Waals surface area contributed by atoms with Crippen LogP contribution in [-0.4, -0.2) is 83.7 Å². The minimum atomic E-state index is -0.619. The summed E-state index contributed by atoms with van der Waals surface area (Å²) >= 11 is 0. The molecule has 34 heavy (non-hydrogen) atoms. The lowest BCUT2D eigenvalue weighted by molar-refractivity contribution is -0.139. The molecule has 4 aliphatic heterocycles. The Kier molecular flexibility index (Phi) is 7.82. The van der Waals surface area contributed by atoms with Crippen molar-refractivity contribution in [2.45, 2.75) is 102 Å². The Morgan fingerprint density at radius 3 is 2.74 bits per heavy atom. The van der Waals surface area contributed by atoms with Gasteiger partial charge < -0.3 is 29.5 Å². The van der Waals surface area contributed by atoms with Gasteiger partial charge in [-0.2, -0.15) is 0 Å². The fourth-order valence-electron chi connectivity index (χ4n) is 5.50. The highest BCUT2D eigenvalue weighted by Crippen LogP contribution is 2.40. The summed E-state index contributed by atoms with van der Waals surface area (Å²) in [5.74, 6) is 0.183.